The van der Waals surface area contributed by atoms with Crippen LogP contribution in [0.5, 0.6) is 5.75 Å². The molecule has 1 aromatic heterocycles. The smallest absolute Gasteiger partial charge is 0.120 e. The fourth-order valence-electron chi connectivity index (χ4n) is 3.18. The van der Waals surface area contributed by atoms with Crippen LogP contribution in [0.1, 0.15) is 19.4 Å². The molecule has 3 aromatic rings. The van der Waals surface area contributed by atoms with Gasteiger partial charge in [-0.05, 0) is 42.6 Å². The van der Waals surface area contributed by atoms with Crippen LogP contribution in [0.25, 0.3) is 22.2 Å². The Hall–Kier alpha value is -2.91. The molecule has 0 spiro atoms. The minimum atomic E-state index is -2.33. The Labute approximate surface area is 160 Å². The molecule has 140 valence electrons. The van der Waals surface area contributed by atoms with Gasteiger partial charge in [-0.2, -0.15) is 5.26 Å². The summed E-state index contributed by atoms with van der Waals surface area (Å²) in [6.45, 7) is 4.62. The topological polar surface area (TPSA) is 67.1 Å². The van der Waals surface area contributed by atoms with Gasteiger partial charge in [0.05, 0.1) is 23.9 Å². The van der Waals surface area contributed by atoms with E-state index in [1.165, 1.54) is 0 Å². The summed E-state index contributed by atoms with van der Waals surface area (Å²) in [5, 5.41) is 10.7. The van der Waals surface area contributed by atoms with Gasteiger partial charge in [0.15, 0.2) is 0 Å². The third-order valence-electron chi connectivity index (χ3n) is 4.63. The Kier molecular flexibility index (Phi) is 5.15. The maximum atomic E-state index is 12.2. The number of nitriles is 1. The molecule has 6 heteroatoms. The van der Waals surface area contributed by atoms with Crippen molar-refractivity contribution in [2.45, 2.75) is 20.4 Å². The molecule has 0 saturated carbocycles. The molecule has 3 rings (SSSR count). The number of anilines is 1. The highest BCUT2D eigenvalue weighted by Gasteiger charge is 2.18. The summed E-state index contributed by atoms with van der Waals surface area (Å²) in [6.07, 6.45) is 0. The summed E-state index contributed by atoms with van der Waals surface area (Å²) < 4.78 is 22.6. The molecule has 0 aliphatic carbocycles. The maximum absolute atomic E-state index is 12.2. The van der Waals surface area contributed by atoms with Gasteiger partial charge >= 0.3 is 0 Å². The normalized spacial score (nSPS) is 13.1. The van der Waals surface area contributed by atoms with E-state index in [-0.39, 0.29) is 0 Å². The van der Waals surface area contributed by atoms with Crippen LogP contribution >= 0.6 is 0 Å². The largest absolute Gasteiger partial charge is 0.497 e. The van der Waals surface area contributed by atoms with Crippen molar-refractivity contribution < 1.29 is 8.95 Å². The van der Waals surface area contributed by atoms with Gasteiger partial charge in [-0.15, -0.1) is 0 Å². The molecule has 27 heavy (non-hydrogen) atoms. The Morgan fingerprint density at radius 1 is 1.22 bits per heavy atom. The van der Waals surface area contributed by atoms with Crippen LogP contribution in [0.2, 0.25) is 0 Å². The van der Waals surface area contributed by atoms with Crippen LogP contribution < -0.4 is 9.46 Å². The van der Waals surface area contributed by atoms with E-state index < -0.39 is 9.71 Å². The predicted octanol–water partition coefficient (Wildman–Crippen LogP) is 4.27. The number of fused-ring (bicyclic) bond motifs is 1. The van der Waals surface area contributed by atoms with Gasteiger partial charge in [0.25, 0.3) is 0 Å². The van der Waals surface area contributed by atoms with Crippen LogP contribution in [-0.4, -0.2) is 27.5 Å². The number of rotatable bonds is 6. The average molecular weight is 382 g/mol. The molecular weight excluding hydrogens is 358 g/mol. The minimum absolute atomic E-state index is 0.458. The van der Waals surface area contributed by atoms with Gasteiger partial charge in [0.1, 0.15) is 11.8 Å². The highest BCUT2D eigenvalue weighted by atomic mass is 32.2. The van der Waals surface area contributed by atoms with E-state index in [9.17, 15) is 9.47 Å². The molecule has 0 amide bonds. The van der Waals surface area contributed by atoms with E-state index in [0.717, 1.165) is 40.1 Å². The second-order valence-corrected chi connectivity index (χ2v) is 8.65. The number of aromatic nitrogens is 1. The van der Waals surface area contributed by atoms with Crippen molar-refractivity contribution in [3.05, 3.63) is 48.0 Å². The lowest BCUT2D eigenvalue weighted by Gasteiger charge is -2.12. The molecular formula is C21H23N3O2S. The Morgan fingerprint density at radius 2 is 1.93 bits per heavy atom. The summed E-state index contributed by atoms with van der Waals surface area (Å²) in [5.41, 5.74) is 4.17. The first-order chi connectivity index (χ1) is 12.9. The minimum Gasteiger partial charge on any atom is -0.497 e. The zero-order chi connectivity index (χ0) is 19.6. The molecule has 1 N–H and O–H groups in total. The molecule has 0 saturated heterocycles. The average Bonchev–Trinajstić information content (AvgIpc) is 3.00. The lowest BCUT2D eigenvalue weighted by atomic mass is 10.1. The molecule has 1 unspecified atom stereocenters. The lowest BCUT2D eigenvalue weighted by molar-refractivity contribution is 0.415. The highest BCUT2D eigenvalue weighted by Crippen LogP contribution is 2.35. The van der Waals surface area contributed by atoms with Crippen molar-refractivity contribution in [1.82, 2.24) is 4.57 Å². The standard InChI is InChI=1S/C21H23N3O2S/c1-5-24-20-13-17(26-3)11-12-18(20)19(14-22)21(24)15-7-9-16(10-8-15)23-27(4,25)6-2/h7-13H,4-6H2,1-3H3,(H,23,25). The Balaban J connectivity index is 2.15. The molecule has 0 aliphatic rings. The summed E-state index contributed by atoms with van der Waals surface area (Å²) >= 11 is 0. The van der Waals surface area contributed by atoms with Crippen molar-refractivity contribution in [3.8, 4) is 23.1 Å². The molecule has 0 radical (unpaired) electrons. The number of hydrogen-bond acceptors (Lipinski definition) is 3. The van der Waals surface area contributed by atoms with Crippen LogP contribution in [-0.2, 0) is 16.3 Å². The third-order valence-corrected chi connectivity index (χ3v) is 6.17. The predicted molar refractivity (Wildman–Crippen MR) is 114 cm³/mol. The van der Waals surface area contributed by atoms with E-state index in [2.05, 4.69) is 28.2 Å². The third kappa shape index (κ3) is 3.51. The lowest BCUT2D eigenvalue weighted by Crippen LogP contribution is -2.14. The molecule has 1 heterocycles. The van der Waals surface area contributed by atoms with Gasteiger partial charge < -0.3 is 14.0 Å². The quantitative estimate of drug-likeness (QED) is 0.648. The van der Waals surface area contributed by atoms with Crippen molar-refractivity contribution in [1.29, 1.82) is 5.26 Å². The highest BCUT2D eigenvalue weighted by molar-refractivity contribution is 8.01. The summed E-state index contributed by atoms with van der Waals surface area (Å²) in [5.74, 6) is 4.94. The second kappa shape index (κ2) is 7.37. The number of aryl methyl sites for hydroxylation is 1. The monoisotopic (exact) mass is 381 g/mol. The number of nitrogens with one attached hydrogen (secondary N) is 1. The van der Waals surface area contributed by atoms with Crippen LogP contribution in [0, 0.1) is 11.3 Å². The first-order valence-electron chi connectivity index (χ1n) is 8.77. The zero-order valence-corrected chi connectivity index (χ0v) is 16.6. The summed E-state index contributed by atoms with van der Waals surface area (Å²) in [4.78, 5) is 0. The second-order valence-electron chi connectivity index (χ2n) is 6.24. The van der Waals surface area contributed by atoms with Crippen molar-refractivity contribution in [3.63, 3.8) is 0 Å². The number of methoxy groups -OCH3 is 1. The zero-order valence-electron chi connectivity index (χ0n) is 15.8. The van der Waals surface area contributed by atoms with E-state index >= 15 is 0 Å². The van der Waals surface area contributed by atoms with E-state index in [0.29, 0.717) is 11.3 Å². The first kappa shape index (κ1) is 18.9. The first-order valence-corrected chi connectivity index (χ1v) is 10.7. The summed E-state index contributed by atoms with van der Waals surface area (Å²) in [6, 6.07) is 15.7. The van der Waals surface area contributed by atoms with E-state index in [4.69, 9.17) is 4.74 Å². The Morgan fingerprint density at radius 3 is 2.48 bits per heavy atom. The van der Waals surface area contributed by atoms with Gasteiger partial charge in [-0.25, -0.2) is 4.21 Å². The van der Waals surface area contributed by atoms with Gasteiger partial charge in [-0.1, -0.05) is 19.1 Å². The molecule has 2 aromatic carbocycles. The molecule has 0 fully saturated rings. The van der Waals surface area contributed by atoms with E-state index in [1.807, 2.05) is 49.4 Å². The number of ether oxygens (including phenoxy) is 1. The van der Waals surface area contributed by atoms with Crippen molar-refractivity contribution in [2.75, 3.05) is 17.6 Å². The van der Waals surface area contributed by atoms with Gasteiger partial charge in [0.2, 0.25) is 0 Å². The van der Waals surface area contributed by atoms with E-state index in [1.54, 1.807) is 7.11 Å². The number of benzene rings is 2. The molecule has 0 bridgehead atoms. The van der Waals surface area contributed by atoms with Crippen LogP contribution in [0.3, 0.4) is 0 Å². The SMILES string of the molecule is C=S(=O)(CC)Nc1ccc(-c2c(C#N)c3ccc(OC)cc3n2CC)cc1. The Bertz CT molecular complexity index is 1120. The fraction of sp³-hybridized carbons (Fsp3) is 0.238. The molecule has 1 atom stereocenters. The maximum Gasteiger partial charge on any atom is 0.120 e. The molecule has 0 aliphatic heterocycles. The van der Waals surface area contributed by atoms with Gasteiger partial charge in [-0.3, -0.25) is 0 Å². The fourth-order valence-corrected chi connectivity index (χ4v) is 3.89. The van der Waals surface area contributed by atoms with Crippen LogP contribution in [0.15, 0.2) is 42.5 Å². The van der Waals surface area contributed by atoms with Crippen molar-refractivity contribution in [2.24, 2.45) is 0 Å². The van der Waals surface area contributed by atoms with Crippen molar-refractivity contribution >= 4 is 32.2 Å². The number of nitrogens with zero attached hydrogens (tertiary/aromatic N) is 2. The number of hydrogen-bond donors (Lipinski definition) is 1. The summed E-state index contributed by atoms with van der Waals surface area (Å²) in [7, 11) is -0.691. The van der Waals surface area contributed by atoms with Crippen LogP contribution in [0.4, 0.5) is 5.69 Å². The van der Waals surface area contributed by atoms with Gasteiger partial charge in [0, 0.05) is 39.1 Å². The molecule has 5 nitrogen and oxygen atoms in total.